The molecule has 3 heterocycles. The molecule has 40 heavy (non-hydrogen) atoms. The topological polar surface area (TPSA) is 54.8 Å². The lowest BCUT2D eigenvalue weighted by Crippen LogP contribution is -1.97. The van der Waals surface area contributed by atoms with Crippen LogP contribution < -0.4 is 0 Å². The number of para-hydroxylation sites is 3. The molecule has 4 nitrogen and oxygen atoms in total. The van der Waals surface area contributed by atoms with Crippen molar-refractivity contribution in [2.45, 2.75) is 0 Å². The number of hydrogen-bond acceptors (Lipinski definition) is 3. The van der Waals surface area contributed by atoms with E-state index in [0.29, 0.717) is 5.69 Å². The smallest absolute Gasteiger partial charge is 0.140 e. The summed E-state index contributed by atoms with van der Waals surface area (Å²) < 4.78 is 8.69. The Bertz CT molecular complexity index is 2280. The number of hydrogen-bond donors (Lipinski definition) is 0. The van der Waals surface area contributed by atoms with Crippen molar-refractivity contribution in [1.82, 2.24) is 9.55 Å². The van der Waals surface area contributed by atoms with Crippen LogP contribution in [-0.4, -0.2) is 9.55 Å². The lowest BCUT2D eigenvalue weighted by molar-refractivity contribution is 0.669. The lowest BCUT2D eigenvalue weighted by Gasteiger charge is -2.15. The summed E-state index contributed by atoms with van der Waals surface area (Å²) in [4.78, 5) is 4.28. The third kappa shape index (κ3) is 3.28. The van der Waals surface area contributed by atoms with E-state index >= 15 is 0 Å². The van der Waals surface area contributed by atoms with E-state index in [1.807, 2.05) is 18.2 Å². The Morgan fingerprint density at radius 3 is 2.30 bits per heavy atom. The molecule has 0 fully saturated rings. The molecule has 0 aliphatic carbocycles. The van der Waals surface area contributed by atoms with Gasteiger partial charge in [0.15, 0.2) is 0 Å². The van der Waals surface area contributed by atoms with Crippen molar-refractivity contribution < 1.29 is 4.42 Å². The second-order valence-electron chi connectivity index (χ2n) is 9.93. The zero-order valence-electron chi connectivity index (χ0n) is 21.4. The molecule has 0 spiro atoms. The van der Waals surface area contributed by atoms with Gasteiger partial charge in [-0.05, 0) is 59.7 Å². The zero-order valence-corrected chi connectivity index (χ0v) is 21.4. The number of aromatic nitrogens is 2. The first-order valence-corrected chi connectivity index (χ1v) is 13.2. The Hall–Kier alpha value is -5.66. The molecule has 0 N–H and O–H groups in total. The van der Waals surface area contributed by atoms with E-state index in [9.17, 15) is 0 Å². The molecule has 5 aromatic carbocycles. The summed E-state index contributed by atoms with van der Waals surface area (Å²) >= 11 is 0. The zero-order chi connectivity index (χ0) is 26.6. The summed E-state index contributed by atoms with van der Waals surface area (Å²) in [6.07, 6.45) is 1.76. The van der Waals surface area contributed by atoms with Crippen LogP contribution >= 0.6 is 0 Å². The fourth-order valence-electron chi connectivity index (χ4n) is 5.93. The molecule has 186 valence electrons. The van der Waals surface area contributed by atoms with Gasteiger partial charge in [0.05, 0.1) is 22.1 Å². The number of nitrogens with zero attached hydrogens (tertiary/aromatic N) is 3. The number of fused-ring (bicyclic) bond motifs is 7. The monoisotopic (exact) mass is 511 g/mol. The van der Waals surface area contributed by atoms with Crippen LogP contribution in [0.1, 0.15) is 5.69 Å². The third-order valence-electron chi connectivity index (χ3n) is 7.70. The van der Waals surface area contributed by atoms with Gasteiger partial charge in [-0.1, -0.05) is 72.8 Å². The quantitative estimate of drug-likeness (QED) is 0.237. The minimum Gasteiger partial charge on any atom is -0.456 e. The van der Waals surface area contributed by atoms with E-state index in [-0.39, 0.29) is 0 Å². The summed E-state index contributed by atoms with van der Waals surface area (Å²) in [6.45, 7) is 0. The van der Waals surface area contributed by atoms with Crippen molar-refractivity contribution in [3.8, 4) is 34.0 Å². The first-order valence-electron chi connectivity index (χ1n) is 13.2. The standard InChI is InChI=1S/C36H21N3O/c37-21-26-17-16-25(22-38-26)23-8-7-9-24(20-23)27-10-1-4-13-31(27)39-32-14-5-2-11-28(32)29-18-19-34-35(36(29)39)30-12-3-6-15-33(30)40-34/h1-20,22H. The largest absolute Gasteiger partial charge is 0.456 e. The van der Waals surface area contributed by atoms with Gasteiger partial charge in [0.2, 0.25) is 0 Å². The molecule has 0 bridgehead atoms. The van der Waals surface area contributed by atoms with Gasteiger partial charge in [-0.15, -0.1) is 0 Å². The Balaban J connectivity index is 1.43. The molecular weight excluding hydrogens is 490 g/mol. The Morgan fingerprint density at radius 2 is 1.43 bits per heavy atom. The van der Waals surface area contributed by atoms with E-state index in [1.165, 1.54) is 10.8 Å². The van der Waals surface area contributed by atoms with Crippen molar-refractivity contribution in [2.75, 3.05) is 0 Å². The maximum absolute atomic E-state index is 9.15. The van der Waals surface area contributed by atoms with Crippen LogP contribution in [0.3, 0.4) is 0 Å². The predicted molar refractivity (Wildman–Crippen MR) is 161 cm³/mol. The number of benzene rings is 5. The molecule has 0 aliphatic rings. The van der Waals surface area contributed by atoms with E-state index < -0.39 is 0 Å². The molecule has 0 unspecified atom stereocenters. The van der Waals surface area contributed by atoms with Gasteiger partial charge in [0.1, 0.15) is 22.9 Å². The minimum absolute atomic E-state index is 0.412. The molecule has 0 atom stereocenters. The van der Waals surface area contributed by atoms with Gasteiger partial charge in [0, 0.05) is 33.5 Å². The number of nitriles is 1. The molecule has 3 aromatic heterocycles. The van der Waals surface area contributed by atoms with Gasteiger partial charge in [-0.3, -0.25) is 0 Å². The van der Waals surface area contributed by atoms with E-state index in [4.69, 9.17) is 9.68 Å². The highest BCUT2D eigenvalue weighted by molar-refractivity contribution is 6.24. The van der Waals surface area contributed by atoms with E-state index in [1.54, 1.807) is 12.3 Å². The van der Waals surface area contributed by atoms with Crippen LogP contribution in [0, 0.1) is 11.3 Å². The fourth-order valence-corrected chi connectivity index (χ4v) is 5.93. The second-order valence-corrected chi connectivity index (χ2v) is 9.93. The number of pyridine rings is 1. The maximum atomic E-state index is 9.15. The van der Waals surface area contributed by atoms with Gasteiger partial charge in [-0.25, -0.2) is 4.98 Å². The van der Waals surface area contributed by atoms with Crippen molar-refractivity contribution >= 4 is 43.7 Å². The Labute approximate surface area is 230 Å². The van der Waals surface area contributed by atoms with Crippen LogP contribution in [0.2, 0.25) is 0 Å². The van der Waals surface area contributed by atoms with Crippen LogP contribution in [0.15, 0.2) is 132 Å². The van der Waals surface area contributed by atoms with Crippen LogP contribution in [0.25, 0.3) is 71.7 Å². The normalized spacial score (nSPS) is 11.5. The van der Waals surface area contributed by atoms with Crippen molar-refractivity contribution in [2.24, 2.45) is 0 Å². The van der Waals surface area contributed by atoms with Gasteiger partial charge < -0.3 is 8.98 Å². The minimum atomic E-state index is 0.412. The van der Waals surface area contributed by atoms with Crippen molar-refractivity contribution in [3.05, 3.63) is 133 Å². The average molecular weight is 512 g/mol. The summed E-state index contributed by atoms with van der Waals surface area (Å²) in [5.74, 6) is 0. The van der Waals surface area contributed by atoms with Crippen LogP contribution in [-0.2, 0) is 0 Å². The molecule has 0 radical (unpaired) electrons. The molecule has 0 aliphatic heterocycles. The second kappa shape index (κ2) is 8.69. The van der Waals surface area contributed by atoms with Gasteiger partial charge in [-0.2, -0.15) is 5.26 Å². The third-order valence-corrected chi connectivity index (χ3v) is 7.70. The summed E-state index contributed by atoms with van der Waals surface area (Å²) in [6, 6.07) is 44.0. The Morgan fingerprint density at radius 1 is 0.625 bits per heavy atom. The molecule has 0 saturated carbocycles. The van der Waals surface area contributed by atoms with Crippen molar-refractivity contribution in [1.29, 1.82) is 5.26 Å². The van der Waals surface area contributed by atoms with Gasteiger partial charge >= 0.3 is 0 Å². The first-order chi connectivity index (χ1) is 19.8. The summed E-state index contributed by atoms with van der Waals surface area (Å²) in [5.41, 5.74) is 9.82. The van der Waals surface area contributed by atoms with E-state index in [2.05, 4.69) is 113 Å². The highest BCUT2D eigenvalue weighted by Gasteiger charge is 2.20. The summed E-state index contributed by atoms with van der Waals surface area (Å²) in [5, 5.41) is 13.8. The predicted octanol–water partition coefficient (Wildman–Crippen LogP) is 9.28. The average Bonchev–Trinajstić information content (AvgIpc) is 3.57. The first kappa shape index (κ1) is 22.3. The van der Waals surface area contributed by atoms with Crippen molar-refractivity contribution in [3.63, 3.8) is 0 Å². The summed E-state index contributed by atoms with van der Waals surface area (Å²) in [7, 11) is 0. The van der Waals surface area contributed by atoms with E-state index in [0.717, 1.165) is 60.9 Å². The molecular formula is C36H21N3O. The van der Waals surface area contributed by atoms with Crippen LogP contribution in [0.4, 0.5) is 0 Å². The van der Waals surface area contributed by atoms with Gasteiger partial charge in [0.25, 0.3) is 0 Å². The highest BCUT2D eigenvalue weighted by atomic mass is 16.3. The fraction of sp³-hybridized carbons (Fsp3) is 0. The number of furan rings is 1. The SMILES string of the molecule is N#Cc1ccc(-c2cccc(-c3ccccc3-n3c4ccccc4c4ccc5oc6ccccc6c5c43)c2)cn1. The maximum Gasteiger partial charge on any atom is 0.140 e. The molecule has 0 saturated heterocycles. The molecule has 8 aromatic rings. The molecule has 8 rings (SSSR count). The van der Waals surface area contributed by atoms with Crippen LogP contribution in [0.5, 0.6) is 0 Å². The highest BCUT2D eigenvalue weighted by Crippen LogP contribution is 2.42. The molecule has 0 amide bonds. The lowest BCUT2D eigenvalue weighted by atomic mass is 9.98. The molecule has 4 heteroatoms. The number of rotatable bonds is 3. The Kier molecular flexibility index (Phi) is 4.85.